The first-order valence-corrected chi connectivity index (χ1v) is 8.49. The van der Waals surface area contributed by atoms with E-state index in [2.05, 4.69) is 29.0 Å². The molecule has 0 radical (unpaired) electrons. The van der Waals surface area contributed by atoms with Crippen molar-refractivity contribution in [2.45, 2.75) is 64.5 Å². The van der Waals surface area contributed by atoms with Gasteiger partial charge >= 0.3 is 0 Å². The Hall–Kier alpha value is -0.120. The van der Waals surface area contributed by atoms with Crippen LogP contribution in [-0.4, -0.2) is 61.2 Å². The van der Waals surface area contributed by atoms with Crippen molar-refractivity contribution >= 4 is 0 Å². The Labute approximate surface area is 119 Å². The van der Waals surface area contributed by atoms with E-state index in [0.29, 0.717) is 0 Å². The second-order valence-corrected chi connectivity index (χ2v) is 6.42. The lowest BCUT2D eigenvalue weighted by Crippen LogP contribution is -2.51. The number of hydrogen-bond donors (Lipinski definition) is 1. The Bertz CT molecular complexity index is 230. The van der Waals surface area contributed by atoms with E-state index in [-0.39, 0.29) is 0 Å². The first-order valence-electron chi connectivity index (χ1n) is 8.49. The number of piperazine rings is 1. The molecule has 0 aromatic rings. The summed E-state index contributed by atoms with van der Waals surface area (Å²) in [7, 11) is 0. The van der Waals surface area contributed by atoms with E-state index in [1.807, 2.05) is 0 Å². The van der Waals surface area contributed by atoms with Gasteiger partial charge in [0.25, 0.3) is 0 Å². The van der Waals surface area contributed by atoms with Gasteiger partial charge in [-0.1, -0.05) is 26.2 Å². The Kier molecular flexibility index (Phi) is 6.62. The second-order valence-electron chi connectivity index (χ2n) is 6.42. The zero-order valence-corrected chi connectivity index (χ0v) is 13.0. The van der Waals surface area contributed by atoms with Crippen molar-refractivity contribution < 1.29 is 0 Å². The predicted octanol–water partition coefficient (Wildman–Crippen LogP) is 2.32. The fourth-order valence-corrected chi connectivity index (χ4v) is 3.42. The molecular weight excluding hydrogens is 234 g/mol. The van der Waals surface area contributed by atoms with Crippen LogP contribution in [0.2, 0.25) is 0 Å². The first-order chi connectivity index (χ1) is 9.29. The van der Waals surface area contributed by atoms with Gasteiger partial charge in [-0.3, -0.25) is 9.80 Å². The van der Waals surface area contributed by atoms with Gasteiger partial charge < -0.3 is 5.32 Å². The predicted molar refractivity (Wildman–Crippen MR) is 82.6 cm³/mol. The van der Waals surface area contributed by atoms with Gasteiger partial charge in [0.15, 0.2) is 0 Å². The minimum Gasteiger partial charge on any atom is -0.313 e. The van der Waals surface area contributed by atoms with Gasteiger partial charge in [0.05, 0.1) is 0 Å². The topological polar surface area (TPSA) is 18.5 Å². The molecular formula is C16H33N3. The highest BCUT2D eigenvalue weighted by Crippen LogP contribution is 2.17. The van der Waals surface area contributed by atoms with Gasteiger partial charge in [-0.2, -0.15) is 0 Å². The van der Waals surface area contributed by atoms with E-state index in [4.69, 9.17) is 0 Å². The molecule has 0 aromatic heterocycles. The highest BCUT2D eigenvalue weighted by atomic mass is 15.3. The summed E-state index contributed by atoms with van der Waals surface area (Å²) < 4.78 is 0. The summed E-state index contributed by atoms with van der Waals surface area (Å²) in [5, 5.41) is 3.76. The van der Waals surface area contributed by atoms with E-state index in [0.717, 1.165) is 12.1 Å². The van der Waals surface area contributed by atoms with Crippen LogP contribution < -0.4 is 5.32 Å². The van der Waals surface area contributed by atoms with Crippen LogP contribution in [0.4, 0.5) is 0 Å². The first kappa shape index (κ1) is 15.3. The molecule has 1 heterocycles. The van der Waals surface area contributed by atoms with Crippen molar-refractivity contribution in [3.63, 3.8) is 0 Å². The molecule has 3 nitrogen and oxygen atoms in total. The molecule has 3 heteroatoms. The number of nitrogens with zero attached hydrogens (tertiary/aromatic N) is 2. The van der Waals surface area contributed by atoms with Crippen molar-refractivity contribution in [3.05, 3.63) is 0 Å². The van der Waals surface area contributed by atoms with Crippen molar-refractivity contribution in [2.75, 3.05) is 39.3 Å². The third-order valence-electron chi connectivity index (χ3n) is 5.09. The van der Waals surface area contributed by atoms with Crippen molar-refractivity contribution in [1.29, 1.82) is 0 Å². The highest BCUT2D eigenvalue weighted by molar-refractivity contribution is 4.77. The molecule has 1 aliphatic heterocycles. The number of hydrogen-bond acceptors (Lipinski definition) is 3. The highest BCUT2D eigenvalue weighted by Gasteiger charge is 2.20. The second kappa shape index (κ2) is 8.23. The van der Waals surface area contributed by atoms with Crippen LogP contribution in [0.5, 0.6) is 0 Å². The van der Waals surface area contributed by atoms with Gasteiger partial charge in [0, 0.05) is 51.4 Å². The van der Waals surface area contributed by atoms with E-state index < -0.39 is 0 Å². The van der Waals surface area contributed by atoms with Crippen LogP contribution in [0.25, 0.3) is 0 Å². The van der Waals surface area contributed by atoms with E-state index >= 15 is 0 Å². The molecule has 1 unspecified atom stereocenters. The average Bonchev–Trinajstić information content (AvgIpc) is 2.48. The Morgan fingerprint density at radius 1 is 1.05 bits per heavy atom. The molecule has 1 aliphatic carbocycles. The minimum absolute atomic E-state index is 0.766. The van der Waals surface area contributed by atoms with Crippen molar-refractivity contribution in [1.82, 2.24) is 15.1 Å². The maximum atomic E-state index is 3.76. The summed E-state index contributed by atoms with van der Waals surface area (Å²) in [6.07, 6.45) is 8.42. The summed E-state index contributed by atoms with van der Waals surface area (Å²) in [6.45, 7) is 12.1. The maximum absolute atomic E-state index is 3.76. The third kappa shape index (κ3) is 5.05. The Morgan fingerprint density at radius 2 is 1.74 bits per heavy atom. The van der Waals surface area contributed by atoms with Gasteiger partial charge in [-0.15, -0.1) is 0 Å². The zero-order chi connectivity index (χ0) is 13.5. The maximum Gasteiger partial charge on any atom is 0.0113 e. The summed E-state index contributed by atoms with van der Waals surface area (Å²) in [5.74, 6) is 0. The molecule has 19 heavy (non-hydrogen) atoms. The summed E-state index contributed by atoms with van der Waals surface area (Å²) >= 11 is 0. The molecule has 1 saturated carbocycles. The van der Waals surface area contributed by atoms with E-state index in [1.165, 1.54) is 77.8 Å². The molecule has 2 aliphatic rings. The fraction of sp³-hybridized carbons (Fsp3) is 1.00. The molecule has 112 valence electrons. The lowest BCUT2D eigenvalue weighted by Gasteiger charge is -2.38. The largest absolute Gasteiger partial charge is 0.313 e. The molecule has 0 bridgehead atoms. The molecule has 2 fully saturated rings. The quantitative estimate of drug-likeness (QED) is 0.797. The van der Waals surface area contributed by atoms with E-state index in [1.54, 1.807) is 0 Å². The third-order valence-corrected chi connectivity index (χ3v) is 5.09. The van der Waals surface area contributed by atoms with Crippen LogP contribution in [0.1, 0.15) is 52.4 Å². The minimum atomic E-state index is 0.766. The van der Waals surface area contributed by atoms with Crippen LogP contribution in [0, 0.1) is 0 Å². The van der Waals surface area contributed by atoms with Gasteiger partial charge in [-0.25, -0.2) is 0 Å². The van der Waals surface area contributed by atoms with Crippen molar-refractivity contribution in [3.8, 4) is 0 Å². The number of nitrogens with one attached hydrogen (secondary N) is 1. The van der Waals surface area contributed by atoms with Gasteiger partial charge in [0.1, 0.15) is 0 Å². The molecule has 0 spiro atoms. The van der Waals surface area contributed by atoms with Crippen LogP contribution in [0.3, 0.4) is 0 Å². The number of rotatable bonds is 6. The lowest BCUT2D eigenvalue weighted by molar-refractivity contribution is 0.100. The Balaban J connectivity index is 1.55. The SMILES string of the molecule is CCC(C)N1CCN(CCNC2CCCCC2)CC1. The average molecular weight is 267 g/mol. The fourth-order valence-electron chi connectivity index (χ4n) is 3.42. The zero-order valence-electron chi connectivity index (χ0n) is 13.0. The molecule has 1 N–H and O–H groups in total. The molecule has 0 aromatic carbocycles. The molecule has 1 saturated heterocycles. The normalized spacial score (nSPS) is 25.6. The summed E-state index contributed by atoms with van der Waals surface area (Å²) in [4.78, 5) is 5.28. The van der Waals surface area contributed by atoms with Crippen LogP contribution in [-0.2, 0) is 0 Å². The Morgan fingerprint density at radius 3 is 2.37 bits per heavy atom. The van der Waals surface area contributed by atoms with Crippen LogP contribution in [0.15, 0.2) is 0 Å². The summed E-state index contributed by atoms with van der Waals surface area (Å²) in [5.41, 5.74) is 0. The molecule has 2 rings (SSSR count). The smallest absolute Gasteiger partial charge is 0.0113 e. The molecule has 1 atom stereocenters. The monoisotopic (exact) mass is 267 g/mol. The van der Waals surface area contributed by atoms with Crippen LogP contribution >= 0.6 is 0 Å². The molecule has 0 amide bonds. The van der Waals surface area contributed by atoms with Crippen molar-refractivity contribution in [2.24, 2.45) is 0 Å². The van der Waals surface area contributed by atoms with Gasteiger partial charge in [-0.05, 0) is 26.2 Å². The summed E-state index contributed by atoms with van der Waals surface area (Å²) in [6, 6.07) is 1.58. The lowest BCUT2D eigenvalue weighted by atomic mass is 9.95. The standard InChI is InChI=1S/C16H33N3/c1-3-15(2)19-13-11-18(12-14-19)10-9-17-16-7-5-4-6-8-16/h15-17H,3-14H2,1-2H3. The van der Waals surface area contributed by atoms with E-state index in [9.17, 15) is 0 Å². The van der Waals surface area contributed by atoms with Gasteiger partial charge in [0.2, 0.25) is 0 Å².